The van der Waals surface area contributed by atoms with Crippen LogP contribution < -0.4 is 0 Å². The number of carbonyl (C=O) groups is 2. The van der Waals surface area contributed by atoms with Gasteiger partial charge in [0.05, 0.1) is 6.61 Å². The zero-order valence-corrected chi connectivity index (χ0v) is 7.93. The second-order valence-electron chi connectivity index (χ2n) is 2.36. The summed E-state index contributed by atoms with van der Waals surface area (Å²) < 4.78 is 40.3. The van der Waals surface area contributed by atoms with Crippen molar-refractivity contribution in [3.8, 4) is 0 Å². The van der Waals surface area contributed by atoms with E-state index in [1.165, 1.54) is 6.92 Å². The summed E-state index contributed by atoms with van der Waals surface area (Å²) in [5, 5.41) is 0. The fourth-order valence-corrected chi connectivity index (χ4v) is 0.716. The molecule has 0 radical (unpaired) electrons. The third-order valence-corrected chi connectivity index (χ3v) is 1.28. The molecule has 0 bridgehead atoms. The molecule has 0 heterocycles. The van der Waals surface area contributed by atoms with Gasteiger partial charge in [-0.05, 0) is 13.0 Å². The van der Waals surface area contributed by atoms with Crippen molar-refractivity contribution in [1.82, 2.24) is 0 Å². The van der Waals surface area contributed by atoms with E-state index >= 15 is 0 Å². The molecule has 3 nitrogen and oxygen atoms in total. The number of ether oxygens (including phenoxy) is 1. The predicted molar refractivity (Wildman–Crippen MR) is 46.0 cm³/mol. The highest BCUT2D eigenvalue weighted by molar-refractivity contribution is 6.19. The van der Waals surface area contributed by atoms with E-state index in [4.69, 9.17) is 0 Å². The Labute approximate surface area is 84.2 Å². The minimum absolute atomic E-state index is 0.113. The highest BCUT2D eigenvalue weighted by Crippen LogP contribution is 2.21. The molecule has 0 fully saturated rings. The van der Waals surface area contributed by atoms with Crippen molar-refractivity contribution in [3.63, 3.8) is 0 Å². The number of allylic oxidation sites excluding steroid dienone is 2. The average molecular weight is 222 g/mol. The maximum Gasteiger partial charge on any atom is 0.455 e. The van der Waals surface area contributed by atoms with Crippen LogP contribution in [-0.2, 0) is 14.3 Å². The number of alkyl halides is 3. The lowest BCUT2D eigenvalue weighted by atomic mass is 10.1. The Kier molecular flexibility index (Phi) is 4.77. The van der Waals surface area contributed by atoms with Gasteiger partial charge in [-0.15, -0.1) is 0 Å². The number of ketones is 1. The van der Waals surface area contributed by atoms with Crippen LogP contribution in [0.25, 0.3) is 0 Å². The van der Waals surface area contributed by atoms with Crippen LogP contribution in [-0.4, -0.2) is 24.5 Å². The average Bonchev–Trinajstić information content (AvgIpc) is 2.12. The molecule has 0 aromatic heterocycles. The van der Waals surface area contributed by atoms with Gasteiger partial charge >= 0.3 is 12.1 Å². The SMILES string of the molecule is C=C/C=C(/C(=O)OCC)C(=O)C(F)(F)F. The minimum atomic E-state index is -5.10. The van der Waals surface area contributed by atoms with Crippen molar-refractivity contribution < 1.29 is 27.5 Å². The quantitative estimate of drug-likeness (QED) is 0.239. The standard InChI is InChI=1S/C9H9F3O3/c1-3-5-6(8(14)15-4-2)7(13)9(10,11)12/h3,5H,1,4H2,2H3/b6-5+. The zero-order valence-electron chi connectivity index (χ0n) is 7.93. The normalized spacial score (nSPS) is 12.1. The minimum Gasteiger partial charge on any atom is -0.462 e. The summed E-state index contributed by atoms with van der Waals surface area (Å²) in [6.45, 7) is 4.41. The van der Waals surface area contributed by atoms with E-state index in [1.807, 2.05) is 0 Å². The molecule has 0 saturated carbocycles. The van der Waals surface area contributed by atoms with Crippen molar-refractivity contribution in [1.29, 1.82) is 0 Å². The van der Waals surface area contributed by atoms with Gasteiger partial charge in [-0.2, -0.15) is 13.2 Å². The van der Waals surface area contributed by atoms with Gasteiger partial charge in [0.15, 0.2) is 0 Å². The Morgan fingerprint density at radius 2 is 1.93 bits per heavy atom. The van der Waals surface area contributed by atoms with Crippen LogP contribution in [0.2, 0.25) is 0 Å². The molecule has 0 aliphatic carbocycles. The molecule has 0 rings (SSSR count). The number of esters is 1. The van der Waals surface area contributed by atoms with Crippen LogP contribution in [0.3, 0.4) is 0 Å². The third-order valence-electron chi connectivity index (χ3n) is 1.28. The van der Waals surface area contributed by atoms with E-state index < -0.39 is 23.5 Å². The van der Waals surface area contributed by atoms with Crippen molar-refractivity contribution in [2.45, 2.75) is 13.1 Å². The van der Waals surface area contributed by atoms with E-state index in [0.717, 1.165) is 6.08 Å². The number of hydrogen-bond acceptors (Lipinski definition) is 3. The van der Waals surface area contributed by atoms with Gasteiger partial charge in [-0.1, -0.05) is 12.7 Å². The maximum absolute atomic E-state index is 12.0. The third kappa shape index (κ3) is 3.97. The fourth-order valence-electron chi connectivity index (χ4n) is 0.716. The first kappa shape index (κ1) is 13.4. The number of halogens is 3. The fraction of sp³-hybridized carbons (Fsp3) is 0.333. The first-order valence-corrected chi connectivity index (χ1v) is 3.96. The number of Topliss-reactive ketones (excluding diaryl/α,β-unsaturated/α-hetero) is 1. The molecular weight excluding hydrogens is 213 g/mol. The topological polar surface area (TPSA) is 43.4 Å². The molecule has 0 aliphatic heterocycles. The highest BCUT2D eigenvalue weighted by atomic mass is 19.4. The van der Waals surface area contributed by atoms with Crippen LogP contribution in [0.4, 0.5) is 13.2 Å². The predicted octanol–water partition coefficient (Wildman–Crippen LogP) is 1.79. The van der Waals surface area contributed by atoms with Gasteiger partial charge < -0.3 is 4.74 Å². The van der Waals surface area contributed by atoms with Gasteiger partial charge in [0.2, 0.25) is 0 Å². The molecule has 0 atom stereocenters. The molecule has 6 heteroatoms. The zero-order chi connectivity index (χ0) is 12.1. The summed E-state index contributed by atoms with van der Waals surface area (Å²) in [6.07, 6.45) is -3.51. The van der Waals surface area contributed by atoms with Gasteiger partial charge in [0, 0.05) is 0 Å². The molecule has 0 saturated heterocycles. The summed E-state index contributed by atoms with van der Waals surface area (Å²) in [4.78, 5) is 21.7. The van der Waals surface area contributed by atoms with Crippen LogP contribution in [0.15, 0.2) is 24.3 Å². The van der Waals surface area contributed by atoms with Crippen LogP contribution in [0.5, 0.6) is 0 Å². The number of rotatable bonds is 4. The molecule has 15 heavy (non-hydrogen) atoms. The Bertz CT molecular complexity index is 302. The lowest BCUT2D eigenvalue weighted by Gasteiger charge is -2.07. The van der Waals surface area contributed by atoms with Gasteiger partial charge in [-0.25, -0.2) is 4.79 Å². The largest absolute Gasteiger partial charge is 0.462 e. The van der Waals surface area contributed by atoms with Crippen molar-refractivity contribution >= 4 is 11.8 Å². The van der Waals surface area contributed by atoms with E-state index in [-0.39, 0.29) is 6.61 Å². The molecule has 0 spiro atoms. The van der Waals surface area contributed by atoms with Crippen molar-refractivity contribution in [2.75, 3.05) is 6.61 Å². The Balaban J connectivity index is 5.01. The second-order valence-corrected chi connectivity index (χ2v) is 2.36. The lowest BCUT2D eigenvalue weighted by molar-refractivity contribution is -0.168. The van der Waals surface area contributed by atoms with Crippen molar-refractivity contribution in [3.05, 3.63) is 24.3 Å². The lowest BCUT2D eigenvalue weighted by Crippen LogP contribution is -2.29. The Hall–Kier alpha value is -1.59. The van der Waals surface area contributed by atoms with E-state index in [0.29, 0.717) is 6.08 Å². The van der Waals surface area contributed by atoms with E-state index in [1.54, 1.807) is 0 Å². The summed E-state index contributed by atoms with van der Waals surface area (Å²) in [7, 11) is 0. The molecule has 0 aliphatic rings. The second kappa shape index (κ2) is 5.33. The number of hydrogen-bond donors (Lipinski definition) is 0. The van der Waals surface area contributed by atoms with Gasteiger partial charge in [0.1, 0.15) is 5.57 Å². The summed E-state index contributed by atoms with van der Waals surface area (Å²) in [5.41, 5.74) is -1.07. The van der Waals surface area contributed by atoms with Gasteiger partial charge in [0.25, 0.3) is 5.78 Å². The molecule has 0 aromatic carbocycles. The summed E-state index contributed by atoms with van der Waals surface area (Å²) >= 11 is 0. The maximum atomic E-state index is 12.0. The molecule has 0 N–H and O–H groups in total. The molecule has 84 valence electrons. The van der Waals surface area contributed by atoms with Gasteiger partial charge in [-0.3, -0.25) is 4.79 Å². The molecule has 0 unspecified atom stereocenters. The molecular formula is C9H9F3O3. The van der Waals surface area contributed by atoms with E-state index in [9.17, 15) is 22.8 Å². The van der Waals surface area contributed by atoms with E-state index in [2.05, 4.69) is 11.3 Å². The summed E-state index contributed by atoms with van der Waals surface area (Å²) in [5.74, 6) is -3.54. The Morgan fingerprint density at radius 3 is 2.27 bits per heavy atom. The smallest absolute Gasteiger partial charge is 0.455 e. The summed E-state index contributed by atoms with van der Waals surface area (Å²) in [6, 6.07) is 0. The monoisotopic (exact) mass is 222 g/mol. The first-order valence-electron chi connectivity index (χ1n) is 3.96. The Morgan fingerprint density at radius 1 is 1.40 bits per heavy atom. The van der Waals surface area contributed by atoms with Crippen molar-refractivity contribution in [2.24, 2.45) is 0 Å². The van der Waals surface area contributed by atoms with Crippen LogP contribution >= 0.6 is 0 Å². The highest BCUT2D eigenvalue weighted by Gasteiger charge is 2.43. The number of carbonyl (C=O) groups excluding carboxylic acids is 2. The van der Waals surface area contributed by atoms with Crippen LogP contribution in [0.1, 0.15) is 6.92 Å². The molecule has 0 aromatic rings. The molecule has 0 amide bonds. The van der Waals surface area contributed by atoms with Crippen LogP contribution in [0, 0.1) is 0 Å². The first-order chi connectivity index (χ1) is 6.84.